The molecular weight excluding hydrogens is 396 g/mol. The molecule has 5 rings (SSSR count). The Bertz CT molecular complexity index is 940. The van der Waals surface area contributed by atoms with Crippen molar-refractivity contribution in [2.75, 3.05) is 40.9 Å². The van der Waals surface area contributed by atoms with Gasteiger partial charge in [-0.15, -0.1) is 0 Å². The van der Waals surface area contributed by atoms with Crippen LogP contribution >= 0.6 is 0 Å². The highest BCUT2D eigenvalue weighted by atomic mass is 15.4. The van der Waals surface area contributed by atoms with Gasteiger partial charge in [0.25, 0.3) is 0 Å². The molecule has 2 fully saturated rings. The zero-order chi connectivity index (χ0) is 21.6. The van der Waals surface area contributed by atoms with Crippen LogP contribution in [0.15, 0.2) is 60.7 Å². The van der Waals surface area contributed by atoms with Gasteiger partial charge in [-0.2, -0.15) is 15.0 Å². The third-order valence-electron chi connectivity index (χ3n) is 6.36. The monoisotopic (exact) mass is 428 g/mol. The second kappa shape index (κ2) is 9.98. The van der Waals surface area contributed by atoms with Crippen LogP contribution in [-0.2, 0) is 0 Å². The van der Waals surface area contributed by atoms with Gasteiger partial charge in [-0.25, -0.2) is 0 Å². The Morgan fingerprint density at radius 1 is 0.500 bits per heavy atom. The number of hydrogen-bond acceptors (Lipinski definition) is 6. The zero-order valence-electron chi connectivity index (χ0n) is 18.7. The van der Waals surface area contributed by atoms with E-state index in [1.165, 1.54) is 44.9 Å². The Balaban J connectivity index is 1.62. The Hall–Kier alpha value is -3.15. The standard InChI is InChI=1S/C26H32N6/c1-2-11-19-30(18-10-1)24-27-25(31-20-12-5-13-21-31)29-26(28-24)32(22-14-6-3-7-15-22)23-16-8-4-9-17-23/h3-4,6-9,14-17H,1-2,5,10-13,18-21H2. The van der Waals surface area contributed by atoms with Crippen LogP contribution in [-0.4, -0.2) is 41.1 Å². The van der Waals surface area contributed by atoms with Gasteiger partial charge in [-0.1, -0.05) is 49.2 Å². The second-order valence-electron chi connectivity index (χ2n) is 8.69. The van der Waals surface area contributed by atoms with Crippen LogP contribution in [0.25, 0.3) is 0 Å². The number of hydrogen-bond donors (Lipinski definition) is 0. The number of para-hydroxylation sites is 2. The topological polar surface area (TPSA) is 48.4 Å². The highest BCUT2D eigenvalue weighted by Crippen LogP contribution is 2.34. The van der Waals surface area contributed by atoms with E-state index in [2.05, 4.69) is 63.2 Å². The summed E-state index contributed by atoms with van der Waals surface area (Å²) in [6, 6.07) is 20.8. The van der Waals surface area contributed by atoms with E-state index >= 15 is 0 Å². The summed E-state index contributed by atoms with van der Waals surface area (Å²) in [7, 11) is 0. The van der Waals surface area contributed by atoms with Gasteiger partial charge < -0.3 is 9.80 Å². The molecule has 0 saturated carbocycles. The summed E-state index contributed by atoms with van der Waals surface area (Å²) in [6.07, 6.45) is 8.64. The van der Waals surface area contributed by atoms with E-state index in [1.807, 2.05) is 12.1 Å². The van der Waals surface area contributed by atoms with Crippen molar-refractivity contribution in [3.8, 4) is 0 Å². The lowest BCUT2D eigenvalue weighted by Crippen LogP contribution is -2.33. The first-order valence-corrected chi connectivity index (χ1v) is 12.0. The molecule has 2 saturated heterocycles. The summed E-state index contributed by atoms with van der Waals surface area (Å²) in [5, 5.41) is 0. The van der Waals surface area contributed by atoms with Crippen LogP contribution in [0.1, 0.15) is 44.9 Å². The van der Waals surface area contributed by atoms with Gasteiger partial charge in [0.05, 0.1) is 0 Å². The lowest BCUT2D eigenvalue weighted by molar-refractivity contribution is 0.566. The van der Waals surface area contributed by atoms with Crippen molar-refractivity contribution < 1.29 is 0 Å². The summed E-state index contributed by atoms with van der Waals surface area (Å²) in [5.41, 5.74) is 2.10. The minimum Gasteiger partial charge on any atom is -0.341 e. The fraction of sp³-hybridized carbons (Fsp3) is 0.423. The molecule has 32 heavy (non-hydrogen) atoms. The Labute approximate surface area is 190 Å². The molecule has 3 aromatic rings. The molecule has 6 heteroatoms. The first-order chi connectivity index (χ1) is 15.9. The van der Waals surface area contributed by atoms with Crippen LogP contribution in [0, 0.1) is 0 Å². The van der Waals surface area contributed by atoms with E-state index in [0.29, 0.717) is 5.95 Å². The van der Waals surface area contributed by atoms with Gasteiger partial charge in [0.2, 0.25) is 17.8 Å². The molecule has 0 aliphatic carbocycles. The molecule has 6 nitrogen and oxygen atoms in total. The maximum Gasteiger partial charge on any atom is 0.241 e. The highest BCUT2D eigenvalue weighted by molar-refractivity contribution is 5.73. The van der Waals surface area contributed by atoms with Gasteiger partial charge in [0.15, 0.2) is 0 Å². The third kappa shape index (κ3) is 4.69. The van der Waals surface area contributed by atoms with Crippen LogP contribution in [0.3, 0.4) is 0 Å². The molecule has 2 aromatic carbocycles. The average molecular weight is 429 g/mol. The molecule has 2 aliphatic heterocycles. The highest BCUT2D eigenvalue weighted by Gasteiger charge is 2.23. The first kappa shape index (κ1) is 20.7. The predicted molar refractivity (Wildman–Crippen MR) is 131 cm³/mol. The maximum atomic E-state index is 5.05. The molecule has 0 radical (unpaired) electrons. The molecule has 2 aliphatic rings. The Kier molecular flexibility index (Phi) is 6.47. The molecular formula is C26H32N6. The van der Waals surface area contributed by atoms with Crippen molar-refractivity contribution in [2.45, 2.75) is 44.9 Å². The molecule has 0 spiro atoms. The summed E-state index contributed by atoms with van der Waals surface area (Å²) in [5.74, 6) is 2.32. The van der Waals surface area contributed by atoms with Crippen molar-refractivity contribution in [2.24, 2.45) is 0 Å². The number of anilines is 5. The molecule has 3 heterocycles. The van der Waals surface area contributed by atoms with Crippen molar-refractivity contribution >= 4 is 29.2 Å². The Morgan fingerprint density at radius 2 is 0.906 bits per heavy atom. The summed E-state index contributed by atoms with van der Waals surface area (Å²) < 4.78 is 0. The first-order valence-electron chi connectivity index (χ1n) is 12.0. The largest absolute Gasteiger partial charge is 0.341 e. The van der Waals surface area contributed by atoms with E-state index in [0.717, 1.165) is 49.5 Å². The predicted octanol–water partition coefficient (Wildman–Crippen LogP) is 5.71. The van der Waals surface area contributed by atoms with E-state index < -0.39 is 0 Å². The van der Waals surface area contributed by atoms with Crippen LogP contribution in [0.2, 0.25) is 0 Å². The average Bonchev–Trinajstić information content (AvgIpc) is 3.16. The van der Waals surface area contributed by atoms with Crippen molar-refractivity contribution in [1.29, 1.82) is 0 Å². The quantitative estimate of drug-likeness (QED) is 0.519. The van der Waals surface area contributed by atoms with Crippen LogP contribution in [0.4, 0.5) is 29.2 Å². The lowest BCUT2D eigenvalue weighted by Gasteiger charge is -2.30. The number of aromatic nitrogens is 3. The minimum absolute atomic E-state index is 0.692. The summed E-state index contributed by atoms with van der Waals surface area (Å²) in [4.78, 5) is 21.9. The summed E-state index contributed by atoms with van der Waals surface area (Å²) >= 11 is 0. The number of rotatable bonds is 5. The van der Waals surface area contributed by atoms with E-state index in [4.69, 9.17) is 15.0 Å². The zero-order valence-corrected chi connectivity index (χ0v) is 18.7. The summed E-state index contributed by atoms with van der Waals surface area (Å²) in [6.45, 7) is 4.05. The van der Waals surface area contributed by atoms with Crippen LogP contribution < -0.4 is 14.7 Å². The van der Waals surface area contributed by atoms with Crippen molar-refractivity contribution in [1.82, 2.24) is 15.0 Å². The third-order valence-corrected chi connectivity index (χ3v) is 6.36. The van der Waals surface area contributed by atoms with Gasteiger partial charge in [0, 0.05) is 37.6 Å². The molecule has 0 bridgehead atoms. The second-order valence-corrected chi connectivity index (χ2v) is 8.69. The number of benzene rings is 2. The molecule has 0 atom stereocenters. The molecule has 0 amide bonds. The maximum absolute atomic E-state index is 5.05. The van der Waals surface area contributed by atoms with E-state index in [9.17, 15) is 0 Å². The lowest BCUT2D eigenvalue weighted by atomic mass is 10.1. The molecule has 0 unspecified atom stereocenters. The number of piperidine rings is 1. The minimum atomic E-state index is 0.692. The SMILES string of the molecule is c1ccc(N(c2ccccc2)c2nc(N3CCCCCC3)nc(N3CCCCC3)n2)cc1. The van der Waals surface area contributed by atoms with Gasteiger partial charge in [-0.3, -0.25) is 4.90 Å². The van der Waals surface area contributed by atoms with Gasteiger partial charge >= 0.3 is 0 Å². The normalized spacial score (nSPS) is 17.1. The smallest absolute Gasteiger partial charge is 0.241 e. The van der Waals surface area contributed by atoms with Gasteiger partial charge in [-0.05, 0) is 56.4 Å². The Morgan fingerprint density at radius 3 is 1.34 bits per heavy atom. The molecule has 0 N–H and O–H groups in total. The molecule has 1 aromatic heterocycles. The van der Waals surface area contributed by atoms with E-state index in [1.54, 1.807) is 0 Å². The fourth-order valence-corrected chi connectivity index (χ4v) is 4.62. The molecule has 166 valence electrons. The van der Waals surface area contributed by atoms with E-state index in [-0.39, 0.29) is 0 Å². The number of nitrogens with zero attached hydrogens (tertiary/aromatic N) is 6. The fourth-order valence-electron chi connectivity index (χ4n) is 4.62. The van der Waals surface area contributed by atoms with Crippen molar-refractivity contribution in [3.63, 3.8) is 0 Å². The van der Waals surface area contributed by atoms with Crippen LogP contribution in [0.5, 0.6) is 0 Å². The van der Waals surface area contributed by atoms with Crippen molar-refractivity contribution in [3.05, 3.63) is 60.7 Å². The van der Waals surface area contributed by atoms with Gasteiger partial charge in [0.1, 0.15) is 0 Å².